The van der Waals surface area contributed by atoms with E-state index in [0.29, 0.717) is 11.8 Å². The average molecular weight is 561 g/mol. The summed E-state index contributed by atoms with van der Waals surface area (Å²) >= 11 is 0. The highest BCUT2D eigenvalue weighted by molar-refractivity contribution is 5.66. The molecule has 228 valence electrons. The third-order valence-electron chi connectivity index (χ3n) is 13.8. The molecule has 0 aromatic rings. The van der Waals surface area contributed by atoms with Gasteiger partial charge in [0.05, 0.1) is 17.3 Å². The van der Waals surface area contributed by atoms with Gasteiger partial charge in [-0.15, -0.1) is 0 Å². The quantitative estimate of drug-likeness (QED) is 0.379. The molecular formula is C34H56O6. The van der Waals surface area contributed by atoms with Crippen molar-refractivity contribution < 1.29 is 28.9 Å². The van der Waals surface area contributed by atoms with Crippen LogP contribution in [0.3, 0.4) is 0 Å². The summed E-state index contributed by atoms with van der Waals surface area (Å²) in [5, 5.41) is 10.8. The fourth-order valence-corrected chi connectivity index (χ4v) is 11.8. The summed E-state index contributed by atoms with van der Waals surface area (Å²) in [5.74, 6) is 1.00. The molecule has 6 heteroatoms. The zero-order chi connectivity index (χ0) is 29.7. The van der Waals surface area contributed by atoms with Crippen molar-refractivity contribution in [3.05, 3.63) is 0 Å². The normalized spacial score (nSPS) is 49.9. The van der Waals surface area contributed by atoms with Crippen LogP contribution in [0.1, 0.15) is 127 Å². The van der Waals surface area contributed by atoms with Crippen molar-refractivity contribution in [3.63, 3.8) is 0 Å². The minimum Gasteiger partial charge on any atom is -0.462 e. The maximum absolute atomic E-state index is 12.6. The van der Waals surface area contributed by atoms with Crippen LogP contribution in [0.2, 0.25) is 0 Å². The molecule has 0 bridgehead atoms. The van der Waals surface area contributed by atoms with Gasteiger partial charge in [-0.05, 0) is 113 Å². The van der Waals surface area contributed by atoms with Gasteiger partial charge in [-0.3, -0.25) is 9.59 Å². The van der Waals surface area contributed by atoms with E-state index >= 15 is 0 Å². The topological polar surface area (TPSA) is 82.1 Å². The number of esters is 2. The standard InChI is InChI=1S/C34H56O6/c1-20(35)38-23-19-25-31(7)15-13-26(39-21(2)36)29(3,4)24(31)12-17-32(25,8)33(9)16-11-22(28(23)33)34(10)18-14-27(40-34)30(5,6)37/h22-28,37H,11-19H2,1-10H3/t22?,23-,24?,25?,26?,27+,28?,31+,32-,33-,34-/m1/s1. The molecule has 40 heavy (non-hydrogen) atoms. The van der Waals surface area contributed by atoms with Gasteiger partial charge in [0.15, 0.2) is 0 Å². The smallest absolute Gasteiger partial charge is 0.302 e. The van der Waals surface area contributed by atoms with E-state index in [2.05, 4.69) is 41.5 Å². The fourth-order valence-electron chi connectivity index (χ4n) is 11.8. The highest BCUT2D eigenvalue weighted by Crippen LogP contribution is 2.76. The summed E-state index contributed by atoms with van der Waals surface area (Å²) in [6.45, 7) is 21.2. The summed E-state index contributed by atoms with van der Waals surface area (Å²) in [6.07, 6.45) is 8.68. The lowest BCUT2D eigenvalue weighted by atomic mass is 9.35. The number of hydrogen-bond donors (Lipinski definition) is 1. The minimum absolute atomic E-state index is 0.0186. The lowest BCUT2D eigenvalue weighted by molar-refractivity contribution is -0.254. The average Bonchev–Trinajstić information content (AvgIpc) is 3.39. The Bertz CT molecular complexity index is 1030. The second kappa shape index (κ2) is 9.43. The second-order valence-electron chi connectivity index (χ2n) is 16.6. The predicted octanol–water partition coefficient (Wildman–Crippen LogP) is 6.85. The largest absolute Gasteiger partial charge is 0.462 e. The molecule has 1 aliphatic heterocycles. The molecule has 5 unspecified atom stereocenters. The zero-order valence-corrected chi connectivity index (χ0v) is 26.9. The molecule has 1 heterocycles. The summed E-state index contributed by atoms with van der Waals surface area (Å²) < 4.78 is 19.0. The number of carbonyl (C=O) groups is 2. The molecule has 0 aromatic heterocycles. The molecule has 0 amide bonds. The van der Waals surface area contributed by atoms with E-state index < -0.39 is 5.60 Å². The van der Waals surface area contributed by atoms with Crippen LogP contribution in [-0.2, 0) is 23.8 Å². The molecule has 0 radical (unpaired) electrons. The van der Waals surface area contributed by atoms with E-state index in [9.17, 15) is 14.7 Å². The van der Waals surface area contributed by atoms with Gasteiger partial charge in [-0.1, -0.05) is 34.6 Å². The number of carbonyl (C=O) groups excluding carboxylic acids is 2. The van der Waals surface area contributed by atoms with E-state index in [1.807, 2.05) is 13.8 Å². The molecule has 0 aromatic carbocycles. The van der Waals surface area contributed by atoms with Gasteiger partial charge in [0.25, 0.3) is 0 Å². The van der Waals surface area contributed by atoms with Gasteiger partial charge in [0.2, 0.25) is 0 Å². The lowest BCUT2D eigenvalue weighted by Gasteiger charge is -2.70. The van der Waals surface area contributed by atoms with Gasteiger partial charge in [-0.25, -0.2) is 0 Å². The Morgan fingerprint density at radius 2 is 1.43 bits per heavy atom. The number of hydrogen-bond acceptors (Lipinski definition) is 6. The zero-order valence-electron chi connectivity index (χ0n) is 26.9. The van der Waals surface area contributed by atoms with Crippen molar-refractivity contribution in [1.29, 1.82) is 0 Å². The fraction of sp³-hybridized carbons (Fsp3) is 0.941. The maximum atomic E-state index is 12.6. The summed E-state index contributed by atoms with van der Waals surface area (Å²) in [5.41, 5.74) is -1.10. The molecule has 11 atom stereocenters. The Morgan fingerprint density at radius 3 is 2.00 bits per heavy atom. The first-order chi connectivity index (χ1) is 18.3. The van der Waals surface area contributed by atoms with Gasteiger partial charge >= 0.3 is 11.9 Å². The first kappa shape index (κ1) is 30.3. The van der Waals surface area contributed by atoms with E-state index in [-0.39, 0.29) is 69.3 Å². The Labute approximate surface area is 242 Å². The Balaban J connectivity index is 1.52. The van der Waals surface area contributed by atoms with Crippen molar-refractivity contribution in [2.45, 2.75) is 157 Å². The Kier molecular flexibility index (Phi) is 7.15. The van der Waals surface area contributed by atoms with Gasteiger partial charge in [-0.2, -0.15) is 0 Å². The number of ether oxygens (including phenoxy) is 3. The minimum atomic E-state index is -0.872. The van der Waals surface area contributed by atoms with Crippen LogP contribution in [0.4, 0.5) is 0 Å². The number of rotatable bonds is 4. The summed E-state index contributed by atoms with van der Waals surface area (Å²) in [6, 6.07) is 0. The molecule has 4 aliphatic carbocycles. The molecule has 1 N–H and O–H groups in total. The molecular weight excluding hydrogens is 504 g/mol. The van der Waals surface area contributed by atoms with Crippen LogP contribution >= 0.6 is 0 Å². The van der Waals surface area contributed by atoms with Crippen molar-refractivity contribution in [3.8, 4) is 0 Å². The van der Waals surface area contributed by atoms with Crippen molar-refractivity contribution in [2.24, 2.45) is 45.3 Å². The molecule has 6 nitrogen and oxygen atoms in total. The highest BCUT2D eigenvalue weighted by Gasteiger charge is 2.72. The molecule has 5 aliphatic rings. The summed E-state index contributed by atoms with van der Waals surface area (Å²) in [7, 11) is 0. The van der Waals surface area contributed by atoms with Gasteiger partial charge in [0.1, 0.15) is 12.2 Å². The Morgan fingerprint density at radius 1 is 0.800 bits per heavy atom. The van der Waals surface area contributed by atoms with Gasteiger partial charge in [0, 0.05) is 25.2 Å². The van der Waals surface area contributed by atoms with Crippen LogP contribution in [0.15, 0.2) is 0 Å². The highest BCUT2D eigenvalue weighted by atomic mass is 16.6. The van der Waals surface area contributed by atoms with Crippen LogP contribution < -0.4 is 0 Å². The van der Waals surface area contributed by atoms with Crippen LogP contribution in [0.5, 0.6) is 0 Å². The molecule has 5 rings (SSSR count). The third-order valence-corrected chi connectivity index (χ3v) is 13.8. The van der Waals surface area contributed by atoms with Crippen LogP contribution in [0.25, 0.3) is 0 Å². The number of fused-ring (bicyclic) bond motifs is 5. The maximum Gasteiger partial charge on any atom is 0.302 e. The van der Waals surface area contributed by atoms with Crippen LogP contribution in [-0.4, -0.2) is 46.6 Å². The molecule has 1 saturated heterocycles. The monoisotopic (exact) mass is 560 g/mol. The number of aliphatic hydroxyl groups is 1. The second-order valence-corrected chi connectivity index (χ2v) is 16.6. The van der Waals surface area contributed by atoms with Crippen molar-refractivity contribution in [1.82, 2.24) is 0 Å². The third kappa shape index (κ3) is 4.31. The first-order valence-corrected chi connectivity index (χ1v) is 16.0. The van der Waals surface area contributed by atoms with Crippen molar-refractivity contribution >= 4 is 11.9 Å². The Hall–Kier alpha value is -1.14. The van der Waals surface area contributed by atoms with E-state index in [1.165, 1.54) is 6.92 Å². The van der Waals surface area contributed by atoms with E-state index in [4.69, 9.17) is 14.2 Å². The molecule has 0 spiro atoms. The SMILES string of the molecule is CC(=O)OC1CC[C@@]2(C)C(CC[C@]3(C)C2C[C@@H](OC(C)=O)C2C([C@@]4(C)CC[C@@H](C(C)(C)O)O4)CC[C@]23C)C1(C)C. The summed E-state index contributed by atoms with van der Waals surface area (Å²) in [4.78, 5) is 24.6. The first-order valence-electron chi connectivity index (χ1n) is 16.0. The lowest BCUT2D eigenvalue weighted by Crippen LogP contribution is -2.67. The van der Waals surface area contributed by atoms with Gasteiger partial charge < -0.3 is 19.3 Å². The molecule has 5 fully saturated rings. The molecule has 4 saturated carbocycles. The van der Waals surface area contributed by atoms with E-state index in [0.717, 1.165) is 57.8 Å². The predicted molar refractivity (Wildman–Crippen MR) is 154 cm³/mol. The van der Waals surface area contributed by atoms with Crippen molar-refractivity contribution in [2.75, 3.05) is 0 Å². The van der Waals surface area contributed by atoms with Crippen LogP contribution in [0, 0.1) is 45.3 Å². The van der Waals surface area contributed by atoms with E-state index in [1.54, 1.807) is 6.92 Å².